The van der Waals surface area contributed by atoms with Crippen molar-refractivity contribution < 1.29 is 55.7 Å². The van der Waals surface area contributed by atoms with Gasteiger partial charge in [-0.05, 0) is 43.2 Å². The summed E-state index contributed by atoms with van der Waals surface area (Å²) in [6.45, 7) is 3.46. The van der Waals surface area contributed by atoms with Crippen molar-refractivity contribution in [3.8, 4) is 0 Å². The maximum atomic E-state index is 12.4. The first kappa shape index (κ1) is 30.3. The van der Waals surface area contributed by atoms with Crippen molar-refractivity contribution in [2.75, 3.05) is 19.7 Å². The molecule has 1 aromatic heterocycles. The van der Waals surface area contributed by atoms with E-state index in [1.807, 2.05) is 12.3 Å². The van der Waals surface area contributed by atoms with Crippen LogP contribution in [0.15, 0.2) is 24.5 Å². The molecule has 1 amide bonds. The zero-order valence-corrected chi connectivity index (χ0v) is 19.5. The molecule has 2 saturated carbocycles. The highest BCUT2D eigenvalue weighted by Gasteiger charge is 2.43. The molecule has 1 saturated heterocycles. The lowest BCUT2D eigenvalue weighted by Crippen LogP contribution is -2.47. The molecule has 2 aliphatic carbocycles. The number of fused-ring (bicyclic) bond motifs is 1. The van der Waals surface area contributed by atoms with Gasteiger partial charge in [0.05, 0.1) is 12.7 Å². The van der Waals surface area contributed by atoms with Crippen LogP contribution < -0.4 is 5.32 Å². The number of nitrogens with one attached hydrogen (secondary N) is 1. The van der Waals surface area contributed by atoms with Gasteiger partial charge in [0.1, 0.15) is 0 Å². The highest BCUT2D eigenvalue weighted by atomic mass is 19.4. The minimum Gasteiger partial charge on any atom is -0.475 e. The van der Waals surface area contributed by atoms with E-state index in [-0.39, 0.29) is 17.9 Å². The fourth-order valence-electron chi connectivity index (χ4n) is 3.88. The van der Waals surface area contributed by atoms with Crippen molar-refractivity contribution >= 4 is 17.8 Å². The molecule has 3 atom stereocenters. The van der Waals surface area contributed by atoms with Crippen LogP contribution in [0.25, 0.3) is 0 Å². The standard InChI is InChI=1S/C18H25N3O2.2C2HF3O2/c22-18(20-11-13-3-4-13)15-8-16-17(9-15)23-7-6-21(16)12-14-2-1-5-19-10-14;2*3-2(4,5)1(6)7/h1-2,5,10,13,15-17H,3-4,6-9,11-12H2,(H,20,22);2*(H,6,7)/t15-,16+,17+;;/m0../s1. The van der Waals surface area contributed by atoms with Crippen molar-refractivity contribution in [2.45, 2.75) is 56.7 Å². The number of amides is 1. The van der Waals surface area contributed by atoms with Crippen molar-refractivity contribution in [1.82, 2.24) is 15.2 Å². The van der Waals surface area contributed by atoms with Gasteiger partial charge in [-0.15, -0.1) is 0 Å². The number of halogens is 6. The maximum Gasteiger partial charge on any atom is 0.490 e. The third-order valence-corrected chi connectivity index (χ3v) is 5.88. The molecule has 0 bridgehead atoms. The topological polar surface area (TPSA) is 129 Å². The molecule has 0 spiro atoms. The summed E-state index contributed by atoms with van der Waals surface area (Å²) in [5, 5.41) is 17.4. The van der Waals surface area contributed by atoms with Crippen LogP contribution in [0.3, 0.4) is 0 Å². The molecule has 1 aliphatic heterocycles. The Labute approximate surface area is 207 Å². The van der Waals surface area contributed by atoms with E-state index in [1.165, 1.54) is 18.4 Å². The Morgan fingerprint density at radius 2 is 1.65 bits per heavy atom. The first-order valence-corrected chi connectivity index (χ1v) is 11.3. The summed E-state index contributed by atoms with van der Waals surface area (Å²) in [4.78, 5) is 36.9. The maximum absolute atomic E-state index is 12.4. The molecule has 1 aromatic rings. The fraction of sp³-hybridized carbons (Fsp3) is 0.636. The third kappa shape index (κ3) is 10.5. The molecule has 3 aliphatic rings. The van der Waals surface area contributed by atoms with Crippen LogP contribution in [0.1, 0.15) is 31.2 Å². The quantitative estimate of drug-likeness (QED) is 0.484. The molecule has 9 nitrogen and oxygen atoms in total. The number of carbonyl (C=O) groups is 3. The number of carboxylic acids is 2. The molecule has 0 radical (unpaired) electrons. The molecule has 208 valence electrons. The number of rotatable bonds is 5. The largest absolute Gasteiger partial charge is 0.490 e. The van der Waals surface area contributed by atoms with Crippen molar-refractivity contribution in [3.05, 3.63) is 30.1 Å². The summed E-state index contributed by atoms with van der Waals surface area (Å²) in [5.41, 5.74) is 1.23. The highest BCUT2D eigenvalue weighted by molar-refractivity contribution is 5.79. The van der Waals surface area contributed by atoms with Crippen LogP contribution in [-0.4, -0.2) is 82.1 Å². The van der Waals surface area contributed by atoms with Gasteiger partial charge in [-0.3, -0.25) is 14.7 Å². The summed E-state index contributed by atoms with van der Waals surface area (Å²) >= 11 is 0. The minimum atomic E-state index is -5.08. The average Bonchev–Trinajstić information content (AvgIpc) is 3.53. The summed E-state index contributed by atoms with van der Waals surface area (Å²) in [6, 6.07) is 4.46. The number of carbonyl (C=O) groups excluding carboxylic acids is 1. The number of ether oxygens (including phenoxy) is 1. The summed E-state index contributed by atoms with van der Waals surface area (Å²) in [6.07, 6.45) is -1.89. The first-order valence-electron chi connectivity index (χ1n) is 11.3. The molecule has 3 fully saturated rings. The van der Waals surface area contributed by atoms with Crippen molar-refractivity contribution in [3.63, 3.8) is 0 Å². The predicted octanol–water partition coefficient (Wildman–Crippen LogP) is 2.85. The van der Waals surface area contributed by atoms with Gasteiger partial charge in [-0.1, -0.05) is 6.07 Å². The van der Waals surface area contributed by atoms with E-state index in [0.29, 0.717) is 6.04 Å². The minimum absolute atomic E-state index is 0.109. The summed E-state index contributed by atoms with van der Waals surface area (Å²) < 4.78 is 69.4. The Balaban J connectivity index is 0.000000286. The van der Waals surface area contributed by atoms with Crippen LogP contribution >= 0.6 is 0 Å². The van der Waals surface area contributed by atoms with Gasteiger partial charge in [0.2, 0.25) is 5.91 Å². The lowest BCUT2D eigenvalue weighted by molar-refractivity contribution is -0.193. The predicted molar refractivity (Wildman–Crippen MR) is 114 cm³/mol. The number of hydrogen-bond donors (Lipinski definition) is 3. The van der Waals surface area contributed by atoms with Crippen LogP contribution in [0.5, 0.6) is 0 Å². The van der Waals surface area contributed by atoms with E-state index in [2.05, 4.69) is 21.3 Å². The molecular formula is C22H27F6N3O6. The Kier molecular flexibility index (Phi) is 10.7. The molecule has 3 N–H and O–H groups in total. The Bertz CT molecular complexity index is 886. The van der Waals surface area contributed by atoms with E-state index >= 15 is 0 Å². The highest BCUT2D eigenvalue weighted by Crippen LogP contribution is 2.35. The number of alkyl halides is 6. The number of carboxylic acid groups (broad SMARTS) is 2. The molecule has 0 aromatic carbocycles. The summed E-state index contributed by atoms with van der Waals surface area (Å²) in [7, 11) is 0. The summed E-state index contributed by atoms with van der Waals surface area (Å²) in [5.74, 6) is -4.43. The Hall–Kier alpha value is -2.94. The van der Waals surface area contributed by atoms with E-state index in [1.54, 1.807) is 6.20 Å². The average molecular weight is 543 g/mol. The zero-order valence-electron chi connectivity index (χ0n) is 19.5. The van der Waals surface area contributed by atoms with E-state index in [0.717, 1.165) is 45.0 Å². The van der Waals surface area contributed by atoms with E-state index in [9.17, 15) is 31.1 Å². The molecule has 2 heterocycles. The second-order valence-electron chi connectivity index (χ2n) is 8.77. The molecule has 0 unspecified atom stereocenters. The van der Waals surface area contributed by atoms with Gasteiger partial charge in [0.25, 0.3) is 0 Å². The lowest BCUT2D eigenvalue weighted by atomic mass is 10.1. The van der Waals surface area contributed by atoms with Gasteiger partial charge in [0, 0.05) is 44.0 Å². The normalized spacial score (nSPS) is 23.5. The Morgan fingerprint density at radius 1 is 1.05 bits per heavy atom. The molecule has 37 heavy (non-hydrogen) atoms. The van der Waals surface area contributed by atoms with Crippen molar-refractivity contribution in [2.24, 2.45) is 11.8 Å². The van der Waals surface area contributed by atoms with Gasteiger partial charge >= 0.3 is 24.3 Å². The fourth-order valence-corrected chi connectivity index (χ4v) is 3.88. The lowest BCUT2D eigenvalue weighted by Gasteiger charge is -2.37. The number of aliphatic carboxylic acids is 2. The Morgan fingerprint density at radius 3 is 2.14 bits per heavy atom. The number of nitrogens with zero attached hydrogens (tertiary/aromatic N) is 2. The van der Waals surface area contributed by atoms with Gasteiger partial charge in [0.15, 0.2) is 0 Å². The van der Waals surface area contributed by atoms with E-state index in [4.69, 9.17) is 24.5 Å². The molecule has 4 rings (SSSR count). The van der Waals surface area contributed by atoms with Gasteiger partial charge in [-0.2, -0.15) is 26.3 Å². The smallest absolute Gasteiger partial charge is 0.475 e. The second-order valence-corrected chi connectivity index (χ2v) is 8.77. The third-order valence-electron chi connectivity index (χ3n) is 5.88. The van der Waals surface area contributed by atoms with Crippen LogP contribution in [0, 0.1) is 11.8 Å². The van der Waals surface area contributed by atoms with Crippen molar-refractivity contribution in [1.29, 1.82) is 0 Å². The van der Waals surface area contributed by atoms with Crippen LogP contribution in [0.4, 0.5) is 26.3 Å². The monoisotopic (exact) mass is 543 g/mol. The number of hydrogen-bond acceptors (Lipinski definition) is 6. The van der Waals surface area contributed by atoms with E-state index < -0.39 is 24.3 Å². The number of aromatic nitrogens is 1. The first-order chi connectivity index (χ1) is 17.2. The molecule has 15 heteroatoms. The second kappa shape index (κ2) is 13.0. The number of morpholine rings is 1. The van der Waals surface area contributed by atoms with Crippen LogP contribution in [0.2, 0.25) is 0 Å². The van der Waals surface area contributed by atoms with Gasteiger partial charge < -0.3 is 20.3 Å². The molecular weight excluding hydrogens is 516 g/mol. The van der Waals surface area contributed by atoms with Crippen LogP contribution in [-0.2, 0) is 25.7 Å². The zero-order chi connectivity index (χ0) is 27.8. The van der Waals surface area contributed by atoms with Gasteiger partial charge in [-0.25, -0.2) is 9.59 Å². The number of pyridine rings is 1. The SMILES string of the molecule is O=C(NCC1CC1)[C@H]1C[C@@H]2[C@@H](C1)OCCN2Cc1cccnc1.O=C(O)C(F)(F)F.O=C(O)C(F)(F)F.